The molecule has 0 saturated carbocycles. The van der Waals surface area contributed by atoms with Gasteiger partial charge in [0.25, 0.3) is 5.91 Å². The molecule has 0 aliphatic heterocycles. The molecule has 4 heteroatoms. The van der Waals surface area contributed by atoms with Crippen molar-refractivity contribution in [2.45, 2.75) is 19.9 Å². The molecule has 2 rings (SSSR count). The maximum Gasteiger partial charge on any atom is 0.260 e. The minimum absolute atomic E-state index is 0.0209. The minimum atomic E-state index is -0.0209. The van der Waals surface area contributed by atoms with Gasteiger partial charge >= 0.3 is 0 Å². The molecule has 3 nitrogen and oxygen atoms in total. The van der Waals surface area contributed by atoms with Gasteiger partial charge in [-0.25, -0.2) is 0 Å². The molecule has 1 aromatic carbocycles. The van der Waals surface area contributed by atoms with E-state index in [0.717, 1.165) is 11.3 Å². The SMILES string of the molecule is Cc1cccc(OCC(=O)N(C)C(C)c2cccs2)c1. The molecular formula is C16H19NO2S. The quantitative estimate of drug-likeness (QED) is 0.840. The lowest BCUT2D eigenvalue weighted by atomic mass is 10.2. The fourth-order valence-electron chi connectivity index (χ4n) is 1.89. The number of thiophene rings is 1. The van der Waals surface area contributed by atoms with Gasteiger partial charge in [0.05, 0.1) is 6.04 Å². The van der Waals surface area contributed by atoms with Gasteiger partial charge in [-0.05, 0) is 43.0 Å². The average Bonchev–Trinajstić information content (AvgIpc) is 2.97. The maximum absolute atomic E-state index is 12.1. The van der Waals surface area contributed by atoms with Crippen molar-refractivity contribution in [3.63, 3.8) is 0 Å². The second-order valence-corrected chi connectivity index (χ2v) is 5.78. The number of hydrogen-bond acceptors (Lipinski definition) is 3. The lowest BCUT2D eigenvalue weighted by Gasteiger charge is -2.24. The van der Waals surface area contributed by atoms with Gasteiger partial charge in [-0.15, -0.1) is 11.3 Å². The highest BCUT2D eigenvalue weighted by Crippen LogP contribution is 2.23. The smallest absolute Gasteiger partial charge is 0.260 e. The molecule has 0 saturated heterocycles. The van der Waals surface area contributed by atoms with Crippen LogP contribution in [0, 0.1) is 6.92 Å². The first-order valence-electron chi connectivity index (χ1n) is 6.56. The first kappa shape index (κ1) is 14.6. The highest BCUT2D eigenvalue weighted by Gasteiger charge is 2.18. The summed E-state index contributed by atoms with van der Waals surface area (Å²) in [5, 5.41) is 2.02. The van der Waals surface area contributed by atoms with E-state index in [9.17, 15) is 4.79 Å². The van der Waals surface area contributed by atoms with E-state index < -0.39 is 0 Å². The Labute approximate surface area is 123 Å². The summed E-state index contributed by atoms with van der Waals surface area (Å²) in [5.74, 6) is 0.711. The Kier molecular flexibility index (Phi) is 4.79. The van der Waals surface area contributed by atoms with E-state index in [1.54, 1.807) is 16.2 Å². The van der Waals surface area contributed by atoms with Gasteiger partial charge in [0.1, 0.15) is 5.75 Å². The first-order valence-corrected chi connectivity index (χ1v) is 7.44. The molecule has 0 spiro atoms. The van der Waals surface area contributed by atoms with Crippen LogP contribution in [0.3, 0.4) is 0 Å². The molecule has 2 aromatic rings. The third-order valence-electron chi connectivity index (χ3n) is 3.28. The van der Waals surface area contributed by atoms with Crippen molar-refractivity contribution in [1.29, 1.82) is 0 Å². The highest BCUT2D eigenvalue weighted by molar-refractivity contribution is 7.10. The molecule has 106 valence electrons. The number of nitrogens with zero attached hydrogens (tertiary/aromatic N) is 1. The highest BCUT2D eigenvalue weighted by atomic mass is 32.1. The van der Waals surface area contributed by atoms with Crippen LogP contribution in [-0.2, 0) is 4.79 Å². The average molecular weight is 289 g/mol. The summed E-state index contributed by atoms with van der Waals surface area (Å²) in [6, 6.07) is 11.8. The summed E-state index contributed by atoms with van der Waals surface area (Å²) >= 11 is 1.66. The molecule has 0 N–H and O–H groups in total. The normalized spacial score (nSPS) is 11.9. The number of carbonyl (C=O) groups excluding carboxylic acids is 1. The predicted molar refractivity (Wildman–Crippen MR) is 82.2 cm³/mol. The lowest BCUT2D eigenvalue weighted by Crippen LogP contribution is -2.33. The van der Waals surface area contributed by atoms with Crippen molar-refractivity contribution < 1.29 is 9.53 Å². The van der Waals surface area contributed by atoms with Crippen molar-refractivity contribution >= 4 is 17.2 Å². The van der Waals surface area contributed by atoms with Crippen molar-refractivity contribution in [3.05, 3.63) is 52.2 Å². The second-order valence-electron chi connectivity index (χ2n) is 4.80. The third kappa shape index (κ3) is 3.61. The van der Waals surface area contributed by atoms with Crippen molar-refractivity contribution in [2.24, 2.45) is 0 Å². The zero-order chi connectivity index (χ0) is 14.5. The van der Waals surface area contributed by atoms with Crippen LogP contribution in [0.2, 0.25) is 0 Å². The van der Waals surface area contributed by atoms with Crippen LogP contribution in [0.1, 0.15) is 23.4 Å². The topological polar surface area (TPSA) is 29.5 Å². The Balaban J connectivity index is 1.91. The van der Waals surface area contributed by atoms with Crippen molar-refractivity contribution in [2.75, 3.05) is 13.7 Å². The van der Waals surface area contributed by atoms with E-state index in [4.69, 9.17) is 4.74 Å². The van der Waals surface area contributed by atoms with E-state index in [2.05, 4.69) is 0 Å². The summed E-state index contributed by atoms with van der Waals surface area (Å²) in [4.78, 5) is 15.0. The Hall–Kier alpha value is -1.81. The molecule has 1 amide bonds. The summed E-state index contributed by atoms with van der Waals surface area (Å²) in [5.41, 5.74) is 1.12. The molecular weight excluding hydrogens is 270 g/mol. The van der Waals surface area contributed by atoms with Gasteiger partial charge in [-0.3, -0.25) is 4.79 Å². The summed E-state index contributed by atoms with van der Waals surface area (Å²) in [6.07, 6.45) is 0. The molecule has 0 bridgehead atoms. The minimum Gasteiger partial charge on any atom is -0.484 e. The number of hydrogen-bond donors (Lipinski definition) is 0. The van der Waals surface area contributed by atoms with Gasteiger partial charge in [0.2, 0.25) is 0 Å². The number of likely N-dealkylation sites (N-methyl/N-ethyl adjacent to an activating group) is 1. The number of rotatable bonds is 5. The molecule has 0 aliphatic rings. The van der Waals surface area contributed by atoms with E-state index in [1.807, 2.05) is 62.7 Å². The van der Waals surface area contributed by atoms with Gasteiger partial charge in [0, 0.05) is 11.9 Å². The zero-order valence-corrected chi connectivity index (χ0v) is 12.8. The molecule has 1 atom stereocenters. The number of amides is 1. The maximum atomic E-state index is 12.1. The largest absolute Gasteiger partial charge is 0.484 e. The second kappa shape index (κ2) is 6.57. The molecule has 0 radical (unpaired) electrons. The van der Waals surface area contributed by atoms with Crippen LogP contribution in [0.25, 0.3) is 0 Å². The fourth-order valence-corrected chi connectivity index (χ4v) is 2.71. The van der Waals surface area contributed by atoms with E-state index in [1.165, 1.54) is 4.88 Å². The summed E-state index contributed by atoms with van der Waals surface area (Å²) in [7, 11) is 1.81. The third-order valence-corrected chi connectivity index (χ3v) is 4.32. The standard InChI is InChI=1S/C16H19NO2S/c1-12-6-4-7-14(10-12)19-11-16(18)17(3)13(2)15-8-5-9-20-15/h4-10,13H,11H2,1-3H3. The lowest BCUT2D eigenvalue weighted by molar-refractivity contribution is -0.133. The molecule has 1 aromatic heterocycles. The summed E-state index contributed by atoms with van der Waals surface area (Å²) < 4.78 is 5.55. The first-order chi connectivity index (χ1) is 9.58. The Morgan fingerprint density at radius 1 is 1.35 bits per heavy atom. The fraction of sp³-hybridized carbons (Fsp3) is 0.312. The molecule has 1 heterocycles. The van der Waals surface area contributed by atoms with Gasteiger partial charge in [0.15, 0.2) is 6.61 Å². The Morgan fingerprint density at radius 3 is 2.80 bits per heavy atom. The van der Waals surface area contributed by atoms with Crippen LogP contribution in [0.4, 0.5) is 0 Å². The Morgan fingerprint density at radius 2 is 2.15 bits per heavy atom. The van der Waals surface area contributed by atoms with Crippen LogP contribution >= 0.6 is 11.3 Å². The van der Waals surface area contributed by atoms with Gasteiger partial charge in [-0.2, -0.15) is 0 Å². The number of aryl methyl sites for hydroxylation is 1. The Bertz CT molecular complexity index is 566. The zero-order valence-electron chi connectivity index (χ0n) is 12.0. The van der Waals surface area contributed by atoms with E-state index >= 15 is 0 Å². The van der Waals surface area contributed by atoms with Crippen LogP contribution in [0.15, 0.2) is 41.8 Å². The van der Waals surface area contributed by atoms with Crippen LogP contribution in [-0.4, -0.2) is 24.5 Å². The monoisotopic (exact) mass is 289 g/mol. The van der Waals surface area contributed by atoms with Crippen LogP contribution < -0.4 is 4.74 Å². The number of ether oxygens (including phenoxy) is 1. The van der Waals surface area contributed by atoms with E-state index in [-0.39, 0.29) is 18.6 Å². The number of benzene rings is 1. The number of carbonyl (C=O) groups is 1. The van der Waals surface area contributed by atoms with Gasteiger partial charge in [-0.1, -0.05) is 18.2 Å². The van der Waals surface area contributed by atoms with Gasteiger partial charge < -0.3 is 9.64 Å². The molecule has 0 fully saturated rings. The molecule has 1 unspecified atom stereocenters. The van der Waals surface area contributed by atoms with Crippen LogP contribution in [0.5, 0.6) is 5.75 Å². The van der Waals surface area contributed by atoms with Crippen molar-refractivity contribution in [3.8, 4) is 5.75 Å². The molecule has 0 aliphatic carbocycles. The predicted octanol–water partition coefficient (Wildman–Crippen LogP) is 3.65. The molecule has 20 heavy (non-hydrogen) atoms. The summed E-state index contributed by atoms with van der Waals surface area (Å²) in [6.45, 7) is 4.09. The van der Waals surface area contributed by atoms with Crippen molar-refractivity contribution in [1.82, 2.24) is 4.90 Å². The van der Waals surface area contributed by atoms with E-state index in [0.29, 0.717) is 0 Å².